The average Bonchev–Trinajstić information content (AvgIpc) is 2.17. The van der Waals surface area contributed by atoms with Crippen LogP contribution in [-0.2, 0) is 19.2 Å². The van der Waals surface area contributed by atoms with E-state index in [1.54, 1.807) is 6.92 Å². The number of carbonyl (C=O) groups is 4. The van der Waals surface area contributed by atoms with Crippen molar-refractivity contribution in [2.75, 3.05) is 13.6 Å². The van der Waals surface area contributed by atoms with Crippen LogP contribution < -0.4 is 10.6 Å². The van der Waals surface area contributed by atoms with Crippen LogP contribution in [0.2, 0.25) is 0 Å². The van der Waals surface area contributed by atoms with Crippen LogP contribution in [-0.4, -0.2) is 37.0 Å². The van der Waals surface area contributed by atoms with Crippen molar-refractivity contribution in [3.63, 3.8) is 0 Å². The molecule has 90 valence electrons. The molecule has 0 heterocycles. The van der Waals surface area contributed by atoms with Crippen molar-refractivity contribution in [1.82, 2.24) is 10.6 Å². The van der Waals surface area contributed by atoms with Crippen molar-refractivity contribution in [2.24, 2.45) is 5.41 Å². The SMILES string of the molecule is CCNC(=O)C(C(C)=O)(C(C)=O)C(=O)NC. The Balaban J connectivity index is 5.63. The smallest absolute Gasteiger partial charge is 0.251 e. The third kappa shape index (κ3) is 2.10. The summed E-state index contributed by atoms with van der Waals surface area (Å²) in [5.74, 6) is -3.36. The van der Waals surface area contributed by atoms with E-state index in [0.717, 1.165) is 13.8 Å². The number of ketones is 2. The van der Waals surface area contributed by atoms with E-state index in [4.69, 9.17) is 0 Å². The normalized spacial score (nSPS) is 10.5. The van der Waals surface area contributed by atoms with E-state index in [9.17, 15) is 19.2 Å². The maximum absolute atomic E-state index is 11.7. The first-order valence-electron chi connectivity index (χ1n) is 4.88. The van der Waals surface area contributed by atoms with Crippen LogP contribution in [0, 0.1) is 5.41 Å². The molecule has 0 aliphatic rings. The highest BCUT2D eigenvalue weighted by atomic mass is 16.2. The number of Topliss-reactive ketones (excluding diaryl/α,β-unsaturated/α-hetero) is 2. The second kappa shape index (κ2) is 5.39. The molecule has 16 heavy (non-hydrogen) atoms. The minimum absolute atomic E-state index is 0.234. The van der Waals surface area contributed by atoms with E-state index in [0.29, 0.717) is 0 Å². The third-order valence-corrected chi connectivity index (χ3v) is 2.30. The summed E-state index contributed by atoms with van der Waals surface area (Å²) in [7, 11) is 1.27. The maximum Gasteiger partial charge on any atom is 0.251 e. The number of hydrogen-bond donors (Lipinski definition) is 2. The van der Waals surface area contributed by atoms with E-state index in [-0.39, 0.29) is 6.54 Å². The molecule has 6 nitrogen and oxygen atoms in total. The monoisotopic (exact) mass is 228 g/mol. The van der Waals surface area contributed by atoms with Crippen LogP contribution >= 0.6 is 0 Å². The molecule has 0 aromatic heterocycles. The van der Waals surface area contributed by atoms with Gasteiger partial charge in [0.25, 0.3) is 11.8 Å². The lowest BCUT2D eigenvalue weighted by molar-refractivity contribution is -0.155. The molecular weight excluding hydrogens is 212 g/mol. The Hall–Kier alpha value is -1.72. The van der Waals surface area contributed by atoms with Crippen molar-refractivity contribution in [2.45, 2.75) is 20.8 Å². The maximum atomic E-state index is 11.7. The Bertz CT molecular complexity index is 322. The first-order valence-corrected chi connectivity index (χ1v) is 4.88. The molecule has 0 saturated heterocycles. The summed E-state index contributed by atoms with van der Waals surface area (Å²) in [5, 5.41) is 4.49. The Morgan fingerprint density at radius 3 is 1.69 bits per heavy atom. The molecule has 2 amide bonds. The molecule has 0 aromatic carbocycles. The number of amides is 2. The predicted molar refractivity (Wildman–Crippen MR) is 56.5 cm³/mol. The molecule has 0 fully saturated rings. The van der Waals surface area contributed by atoms with Crippen LogP contribution in [0.5, 0.6) is 0 Å². The Kier molecular flexibility index (Phi) is 4.81. The Labute approximate surface area is 93.8 Å². The van der Waals surface area contributed by atoms with Crippen LogP contribution in [0.1, 0.15) is 20.8 Å². The lowest BCUT2D eigenvalue weighted by Crippen LogP contribution is -2.58. The number of carbonyl (C=O) groups excluding carboxylic acids is 4. The van der Waals surface area contributed by atoms with Crippen LogP contribution in [0.15, 0.2) is 0 Å². The molecule has 6 heteroatoms. The fourth-order valence-corrected chi connectivity index (χ4v) is 1.47. The zero-order valence-electron chi connectivity index (χ0n) is 9.84. The van der Waals surface area contributed by atoms with E-state index >= 15 is 0 Å². The quantitative estimate of drug-likeness (QED) is 0.592. The summed E-state index contributed by atoms with van der Waals surface area (Å²) in [6.45, 7) is 3.96. The second-order valence-corrected chi connectivity index (χ2v) is 3.30. The van der Waals surface area contributed by atoms with Crippen molar-refractivity contribution in [3.05, 3.63) is 0 Å². The van der Waals surface area contributed by atoms with Gasteiger partial charge in [-0.05, 0) is 20.8 Å². The number of hydrogen-bond acceptors (Lipinski definition) is 4. The molecule has 0 spiro atoms. The van der Waals surface area contributed by atoms with Gasteiger partial charge < -0.3 is 10.6 Å². The molecule has 0 aliphatic carbocycles. The highest BCUT2D eigenvalue weighted by Crippen LogP contribution is 2.21. The first-order chi connectivity index (χ1) is 7.35. The fraction of sp³-hybridized carbons (Fsp3) is 0.600. The van der Waals surface area contributed by atoms with Gasteiger partial charge in [0.15, 0.2) is 11.6 Å². The lowest BCUT2D eigenvalue weighted by Gasteiger charge is -2.24. The van der Waals surface area contributed by atoms with E-state index < -0.39 is 28.8 Å². The van der Waals surface area contributed by atoms with Gasteiger partial charge in [0.05, 0.1) is 0 Å². The average molecular weight is 228 g/mol. The van der Waals surface area contributed by atoms with Gasteiger partial charge in [-0.15, -0.1) is 0 Å². The summed E-state index contributed by atoms with van der Waals surface area (Å²) < 4.78 is 0. The summed E-state index contributed by atoms with van der Waals surface area (Å²) in [6, 6.07) is 0. The molecule has 0 radical (unpaired) electrons. The fourth-order valence-electron chi connectivity index (χ4n) is 1.47. The third-order valence-electron chi connectivity index (χ3n) is 2.30. The summed E-state index contributed by atoms with van der Waals surface area (Å²) in [4.78, 5) is 46.3. The summed E-state index contributed by atoms with van der Waals surface area (Å²) in [6.07, 6.45) is 0. The van der Waals surface area contributed by atoms with Gasteiger partial charge in [0.1, 0.15) is 0 Å². The van der Waals surface area contributed by atoms with Crippen LogP contribution in [0.4, 0.5) is 0 Å². The van der Waals surface area contributed by atoms with E-state index in [2.05, 4.69) is 10.6 Å². The Morgan fingerprint density at radius 2 is 1.44 bits per heavy atom. The highest BCUT2D eigenvalue weighted by Gasteiger charge is 2.54. The highest BCUT2D eigenvalue weighted by molar-refractivity contribution is 6.37. The summed E-state index contributed by atoms with van der Waals surface area (Å²) >= 11 is 0. The zero-order valence-corrected chi connectivity index (χ0v) is 9.84. The minimum atomic E-state index is -2.26. The van der Waals surface area contributed by atoms with Gasteiger partial charge >= 0.3 is 0 Å². The minimum Gasteiger partial charge on any atom is -0.357 e. The summed E-state index contributed by atoms with van der Waals surface area (Å²) in [5.41, 5.74) is -2.26. The van der Waals surface area contributed by atoms with Gasteiger partial charge in [0, 0.05) is 13.6 Å². The Morgan fingerprint density at radius 1 is 1.00 bits per heavy atom. The van der Waals surface area contributed by atoms with Crippen LogP contribution in [0.25, 0.3) is 0 Å². The van der Waals surface area contributed by atoms with Crippen molar-refractivity contribution < 1.29 is 19.2 Å². The molecule has 2 N–H and O–H groups in total. The second-order valence-electron chi connectivity index (χ2n) is 3.30. The van der Waals surface area contributed by atoms with Crippen molar-refractivity contribution in [3.8, 4) is 0 Å². The first kappa shape index (κ1) is 14.3. The molecule has 0 atom stereocenters. The van der Waals surface area contributed by atoms with Gasteiger partial charge in [-0.1, -0.05) is 0 Å². The standard InChI is InChI=1S/C10H16N2O4/c1-5-12-9(16)10(6(2)13,7(3)14)8(15)11-4/h5H2,1-4H3,(H,11,15)(H,12,16). The van der Waals surface area contributed by atoms with Crippen molar-refractivity contribution >= 4 is 23.4 Å². The van der Waals surface area contributed by atoms with Gasteiger partial charge in [-0.2, -0.15) is 0 Å². The van der Waals surface area contributed by atoms with Gasteiger partial charge in [-0.3, -0.25) is 19.2 Å². The molecule has 0 aromatic rings. The molecular formula is C10H16N2O4. The predicted octanol–water partition coefficient (Wildman–Crippen LogP) is -0.967. The molecule has 0 saturated carbocycles. The zero-order chi connectivity index (χ0) is 12.9. The van der Waals surface area contributed by atoms with E-state index in [1.807, 2.05) is 0 Å². The van der Waals surface area contributed by atoms with E-state index in [1.165, 1.54) is 7.05 Å². The number of rotatable bonds is 5. The molecule has 0 bridgehead atoms. The largest absolute Gasteiger partial charge is 0.357 e. The number of nitrogens with one attached hydrogen (secondary N) is 2. The molecule has 0 unspecified atom stereocenters. The van der Waals surface area contributed by atoms with Crippen molar-refractivity contribution in [1.29, 1.82) is 0 Å². The molecule has 0 rings (SSSR count). The van der Waals surface area contributed by atoms with Gasteiger partial charge in [-0.25, -0.2) is 0 Å². The van der Waals surface area contributed by atoms with Crippen LogP contribution in [0.3, 0.4) is 0 Å². The topological polar surface area (TPSA) is 92.3 Å². The van der Waals surface area contributed by atoms with Gasteiger partial charge in [0.2, 0.25) is 5.41 Å². The lowest BCUT2D eigenvalue weighted by atomic mass is 9.78. The molecule has 0 aliphatic heterocycles.